The zero-order valence-electron chi connectivity index (χ0n) is 18.2. The number of piperidine rings is 1. The van der Waals surface area contributed by atoms with Crippen LogP contribution in [-0.4, -0.2) is 29.9 Å². The van der Waals surface area contributed by atoms with E-state index in [1.165, 1.54) is 99.4 Å². The number of nitrogens with one attached hydrogen (secondary N) is 1. The molecule has 1 aliphatic carbocycles. The van der Waals surface area contributed by atoms with Crippen LogP contribution in [0.25, 0.3) is 10.1 Å². The van der Waals surface area contributed by atoms with Gasteiger partial charge in [0.25, 0.3) is 0 Å². The number of carbonyl (C=O) groups excluding carboxylic acids is 1. The first-order valence-corrected chi connectivity index (χ1v) is 13.2. The highest BCUT2D eigenvalue weighted by molar-refractivity contribution is 7.17. The highest BCUT2D eigenvalue weighted by atomic mass is 32.1. The van der Waals surface area contributed by atoms with Gasteiger partial charge in [-0.3, -0.25) is 4.79 Å². The van der Waals surface area contributed by atoms with E-state index < -0.39 is 0 Å². The van der Waals surface area contributed by atoms with Crippen LogP contribution in [0.5, 0.6) is 0 Å². The highest BCUT2D eigenvalue weighted by Gasteiger charge is 2.28. The molecule has 4 heteroatoms. The van der Waals surface area contributed by atoms with Crippen molar-refractivity contribution in [1.82, 2.24) is 4.90 Å². The maximum atomic E-state index is 12.6. The third-order valence-corrected chi connectivity index (χ3v) is 8.87. The third-order valence-electron chi connectivity index (χ3n) is 7.89. The number of hydrogen-bond acceptors (Lipinski definition) is 3. The lowest BCUT2D eigenvalue weighted by Gasteiger charge is -2.33. The van der Waals surface area contributed by atoms with Gasteiger partial charge in [0, 0.05) is 22.8 Å². The molecule has 0 spiro atoms. The number of thiophene rings is 1. The van der Waals surface area contributed by atoms with Crippen LogP contribution in [-0.2, 0) is 4.79 Å². The minimum atomic E-state index is 0.198. The molecule has 2 aliphatic heterocycles. The first-order valence-electron chi connectivity index (χ1n) is 12.3. The van der Waals surface area contributed by atoms with Crippen LogP contribution >= 0.6 is 11.3 Å². The van der Waals surface area contributed by atoms with Gasteiger partial charge in [0.2, 0.25) is 5.91 Å². The summed E-state index contributed by atoms with van der Waals surface area (Å²) in [7, 11) is 0. The molecule has 1 N–H and O–H groups in total. The SMILES string of the molecule is O=C(CC1CCCCC1)Nc1ccc2scc(C3CCC4CCCCN4CC3)c2c1. The summed E-state index contributed by atoms with van der Waals surface area (Å²) >= 11 is 1.87. The zero-order valence-corrected chi connectivity index (χ0v) is 19.0. The van der Waals surface area contributed by atoms with Crippen LogP contribution in [0.3, 0.4) is 0 Å². The van der Waals surface area contributed by atoms with Crippen molar-refractivity contribution >= 4 is 33.0 Å². The van der Waals surface area contributed by atoms with E-state index in [1.54, 1.807) is 0 Å². The van der Waals surface area contributed by atoms with Gasteiger partial charge < -0.3 is 10.2 Å². The van der Waals surface area contributed by atoms with E-state index in [1.807, 2.05) is 11.3 Å². The van der Waals surface area contributed by atoms with Crippen molar-refractivity contribution in [3.63, 3.8) is 0 Å². The first kappa shape index (κ1) is 20.5. The van der Waals surface area contributed by atoms with E-state index in [2.05, 4.69) is 33.8 Å². The van der Waals surface area contributed by atoms with Gasteiger partial charge in [-0.05, 0) is 104 Å². The molecule has 3 aliphatic rings. The predicted molar refractivity (Wildman–Crippen MR) is 127 cm³/mol. The Bertz CT molecular complexity index is 853. The van der Waals surface area contributed by atoms with Gasteiger partial charge in [0.05, 0.1) is 0 Å². The molecule has 1 aromatic carbocycles. The Morgan fingerprint density at radius 3 is 2.73 bits per heavy atom. The summed E-state index contributed by atoms with van der Waals surface area (Å²) in [6.45, 7) is 2.56. The summed E-state index contributed by atoms with van der Waals surface area (Å²) in [6, 6.07) is 7.37. The summed E-state index contributed by atoms with van der Waals surface area (Å²) < 4.78 is 1.36. The average molecular weight is 425 g/mol. The zero-order chi connectivity index (χ0) is 20.3. The van der Waals surface area contributed by atoms with Crippen molar-refractivity contribution < 1.29 is 4.79 Å². The molecule has 2 saturated heterocycles. The second kappa shape index (κ2) is 9.40. The highest BCUT2D eigenvalue weighted by Crippen LogP contribution is 2.40. The second-order valence-corrected chi connectivity index (χ2v) is 10.8. The molecule has 1 aromatic heterocycles. The van der Waals surface area contributed by atoms with E-state index >= 15 is 0 Å². The van der Waals surface area contributed by atoms with E-state index in [9.17, 15) is 4.79 Å². The van der Waals surface area contributed by atoms with Crippen molar-refractivity contribution in [3.05, 3.63) is 29.1 Å². The molecule has 5 rings (SSSR count). The largest absolute Gasteiger partial charge is 0.326 e. The van der Waals surface area contributed by atoms with Crippen LogP contribution in [0.2, 0.25) is 0 Å². The number of fused-ring (bicyclic) bond motifs is 2. The maximum Gasteiger partial charge on any atom is 0.224 e. The van der Waals surface area contributed by atoms with E-state index in [4.69, 9.17) is 0 Å². The molecule has 1 amide bonds. The van der Waals surface area contributed by atoms with Crippen LogP contribution in [0.4, 0.5) is 5.69 Å². The summed E-state index contributed by atoms with van der Waals surface area (Å²) in [6.07, 6.45) is 15.2. The summed E-state index contributed by atoms with van der Waals surface area (Å²) in [5.74, 6) is 1.45. The van der Waals surface area contributed by atoms with Crippen molar-refractivity contribution in [2.75, 3.05) is 18.4 Å². The Balaban J connectivity index is 1.28. The van der Waals surface area contributed by atoms with E-state index in [0.29, 0.717) is 18.3 Å². The Labute approximate surface area is 185 Å². The Hall–Kier alpha value is -1.39. The molecule has 1 saturated carbocycles. The molecule has 30 heavy (non-hydrogen) atoms. The van der Waals surface area contributed by atoms with Gasteiger partial charge in [-0.2, -0.15) is 0 Å². The van der Waals surface area contributed by atoms with Crippen molar-refractivity contribution in [1.29, 1.82) is 0 Å². The number of rotatable bonds is 4. The van der Waals surface area contributed by atoms with Crippen LogP contribution in [0.15, 0.2) is 23.6 Å². The molecule has 0 radical (unpaired) electrons. The molecule has 2 aromatic rings. The molecule has 3 nitrogen and oxygen atoms in total. The Morgan fingerprint density at radius 2 is 1.83 bits per heavy atom. The van der Waals surface area contributed by atoms with Gasteiger partial charge in [0.1, 0.15) is 0 Å². The number of benzene rings is 1. The standard InChI is InChI=1S/C26H36N2OS/c29-26(16-19-6-2-1-3-7-19)27-21-10-12-25-23(17-21)24(18-30-25)20-9-11-22-8-4-5-14-28(22)15-13-20/h10,12,17-20,22H,1-9,11,13-16H2,(H,27,29). The molecule has 2 atom stereocenters. The molecule has 3 fully saturated rings. The number of nitrogens with zero attached hydrogens (tertiary/aromatic N) is 1. The lowest BCUT2D eigenvalue weighted by Crippen LogP contribution is -2.38. The van der Waals surface area contributed by atoms with E-state index in [-0.39, 0.29) is 5.91 Å². The van der Waals surface area contributed by atoms with Gasteiger partial charge in [-0.15, -0.1) is 11.3 Å². The number of anilines is 1. The fraction of sp³-hybridized carbons (Fsp3) is 0.654. The van der Waals surface area contributed by atoms with Crippen molar-refractivity contribution in [2.24, 2.45) is 5.92 Å². The fourth-order valence-electron chi connectivity index (χ4n) is 6.16. The minimum Gasteiger partial charge on any atom is -0.326 e. The molecule has 2 unspecified atom stereocenters. The molecule has 3 heterocycles. The number of amides is 1. The monoisotopic (exact) mass is 424 g/mol. The average Bonchev–Trinajstić information content (AvgIpc) is 3.06. The third kappa shape index (κ3) is 4.60. The molecule has 162 valence electrons. The van der Waals surface area contributed by atoms with Gasteiger partial charge in [-0.25, -0.2) is 0 Å². The normalized spacial score (nSPS) is 26.3. The minimum absolute atomic E-state index is 0.198. The van der Waals surface area contributed by atoms with Crippen LogP contribution in [0, 0.1) is 5.92 Å². The smallest absolute Gasteiger partial charge is 0.224 e. The Morgan fingerprint density at radius 1 is 0.967 bits per heavy atom. The first-order chi connectivity index (χ1) is 14.8. The number of hydrogen-bond donors (Lipinski definition) is 1. The summed E-state index contributed by atoms with van der Waals surface area (Å²) in [5, 5.41) is 6.98. The molecule has 0 bridgehead atoms. The Kier molecular flexibility index (Phi) is 6.42. The van der Waals surface area contributed by atoms with Gasteiger partial charge in [-0.1, -0.05) is 25.7 Å². The number of carbonyl (C=O) groups is 1. The van der Waals surface area contributed by atoms with Crippen LogP contribution in [0.1, 0.15) is 88.5 Å². The lowest BCUT2D eigenvalue weighted by molar-refractivity contribution is -0.117. The van der Waals surface area contributed by atoms with Crippen molar-refractivity contribution in [3.8, 4) is 0 Å². The molecular formula is C26H36N2OS. The summed E-state index contributed by atoms with van der Waals surface area (Å²) in [4.78, 5) is 15.4. The quantitative estimate of drug-likeness (QED) is 0.577. The molecular weight excluding hydrogens is 388 g/mol. The van der Waals surface area contributed by atoms with Crippen LogP contribution < -0.4 is 5.32 Å². The maximum absolute atomic E-state index is 12.6. The predicted octanol–water partition coefficient (Wildman–Crippen LogP) is 6.93. The van der Waals surface area contributed by atoms with Crippen molar-refractivity contribution in [2.45, 2.75) is 89.0 Å². The fourth-order valence-corrected chi connectivity index (χ4v) is 7.18. The van der Waals surface area contributed by atoms with E-state index in [0.717, 1.165) is 11.7 Å². The topological polar surface area (TPSA) is 32.3 Å². The van der Waals surface area contributed by atoms with Gasteiger partial charge >= 0.3 is 0 Å². The second-order valence-electron chi connectivity index (χ2n) is 9.91. The lowest BCUT2D eigenvalue weighted by atomic mass is 9.87. The van der Waals surface area contributed by atoms with Gasteiger partial charge in [0.15, 0.2) is 0 Å². The summed E-state index contributed by atoms with van der Waals surface area (Å²) in [5.41, 5.74) is 2.51.